The number of carbonyl (C=O) groups excluding carboxylic acids is 2. The second kappa shape index (κ2) is 9.14. The van der Waals surface area contributed by atoms with Crippen LogP contribution in [0.2, 0.25) is 0 Å². The molecule has 0 saturated carbocycles. The minimum atomic E-state index is -1.25. The van der Waals surface area contributed by atoms with Crippen LogP contribution in [0.15, 0.2) is 66.7 Å². The van der Waals surface area contributed by atoms with Gasteiger partial charge in [0.05, 0.1) is 26.5 Å². The number of carbonyl (C=O) groups is 2. The number of nitrogens with zero attached hydrogens (tertiary/aromatic N) is 2. The summed E-state index contributed by atoms with van der Waals surface area (Å²) in [5.41, 5.74) is 2.58. The number of rotatable bonds is 5. The average molecular weight is 494 g/mol. The summed E-state index contributed by atoms with van der Waals surface area (Å²) >= 11 is 1.41. The minimum Gasteiger partial charge on any atom is -0.497 e. The van der Waals surface area contributed by atoms with Gasteiger partial charge in [0.25, 0.3) is 5.91 Å². The zero-order chi connectivity index (χ0) is 24.6. The summed E-state index contributed by atoms with van der Waals surface area (Å²) in [6, 6.07) is 18.2. The van der Waals surface area contributed by atoms with Crippen LogP contribution in [-0.2, 0) is 16.2 Å². The normalized spacial score (nSPS) is 18.7. The van der Waals surface area contributed by atoms with Gasteiger partial charge >= 0.3 is 6.03 Å². The Labute approximate surface area is 206 Å². The molecule has 7 nitrogen and oxygen atoms in total. The lowest BCUT2D eigenvalue weighted by Gasteiger charge is -2.33. The number of urea groups is 1. The largest absolute Gasteiger partial charge is 0.497 e. The van der Waals surface area contributed by atoms with Crippen LogP contribution in [0.1, 0.15) is 11.1 Å². The smallest absolute Gasteiger partial charge is 0.323 e. The van der Waals surface area contributed by atoms with Crippen molar-refractivity contribution in [2.24, 2.45) is 0 Å². The summed E-state index contributed by atoms with van der Waals surface area (Å²) in [7, 11) is 3.12. The van der Waals surface area contributed by atoms with Gasteiger partial charge in [0, 0.05) is 29.6 Å². The highest BCUT2D eigenvalue weighted by atomic mass is 32.2. The molecule has 1 spiro atoms. The molecule has 5 rings (SSSR count). The number of hydrogen-bond acceptors (Lipinski definition) is 5. The van der Waals surface area contributed by atoms with Crippen molar-refractivity contribution in [1.29, 1.82) is 0 Å². The molecule has 1 unspecified atom stereocenters. The van der Waals surface area contributed by atoms with Crippen LogP contribution in [0.25, 0.3) is 0 Å². The molecule has 3 amide bonds. The van der Waals surface area contributed by atoms with E-state index in [1.54, 1.807) is 66.5 Å². The van der Waals surface area contributed by atoms with Crippen LogP contribution in [0.5, 0.6) is 11.5 Å². The van der Waals surface area contributed by atoms with Crippen molar-refractivity contribution < 1.29 is 23.5 Å². The van der Waals surface area contributed by atoms with Gasteiger partial charge in [-0.15, -0.1) is 11.8 Å². The number of amides is 3. The summed E-state index contributed by atoms with van der Waals surface area (Å²) in [5.74, 6) is 1.18. The molecular weight excluding hydrogens is 469 g/mol. The lowest BCUT2D eigenvalue weighted by atomic mass is 10.1. The fourth-order valence-electron chi connectivity index (χ4n) is 4.59. The van der Waals surface area contributed by atoms with E-state index in [0.717, 1.165) is 0 Å². The van der Waals surface area contributed by atoms with Crippen molar-refractivity contribution in [3.05, 3.63) is 83.7 Å². The molecular formula is C26H24FN3O4S. The second-order valence-corrected chi connectivity index (χ2v) is 9.50. The van der Waals surface area contributed by atoms with Crippen LogP contribution in [0, 0.1) is 5.82 Å². The molecule has 1 N–H and O–H groups in total. The molecule has 0 aliphatic carbocycles. The van der Waals surface area contributed by atoms with Crippen molar-refractivity contribution in [2.75, 3.05) is 36.7 Å². The Hall–Kier alpha value is -3.72. The number of anilines is 2. The third-order valence-corrected chi connectivity index (χ3v) is 7.62. The highest BCUT2D eigenvalue weighted by Gasteiger charge is 2.59. The predicted octanol–water partition coefficient (Wildman–Crippen LogP) is 4.82. The van der Waals surface area contributed by atoms with Gasteiger partial charge < -0.3 is 19.7 Å². The molecule has 1 fully saturated rings. The Kier molecular flexibility index (Phi) is 6.02. The van der Waals surface area contributed by atoms with Gasteiger partial charge in [0.1, 0.15) is 17.3 Å². The number of benzene rings is 3. The molecule has 35 heavy (non-hydrogen) atoms. The molecule has 1 saturated heterocycles. The highest BCUT2D eigenvalue weighted by molar-refractivity contribution is 8.01. The van der Waals surface area contributed by atoms with E-state index in [4.69, 9.17) is 9.47 Å². The van der Waals surface area contributed by atoms with E-state index in [0.29, 0.717) is 46.3 Å². The highest BCUT2D eigenvalue weighted by Crippen LogP contribution is 2.55. The Morgan fingerprint density at radius 1 is 1.06 bits per heavy atom. The zero-order valence-electron chi connectivity index (χ0n) is 19.3. The summed E-state index contributed by atoms with van der Waals surface area (Å²) in [6.45, 7) is 0.570. The van der Waals surface area contributed by atoms with E-state index in [1.165, 1.54) is 23.9 Å². The molecule has 180 valence electrons. The quantitative estimate of drug-likeness (QED) is 0.552. The Bertz CT molecular complexity index is 1300. The lowest BCUT2D eigenvalue weighted by Crippen LogP contribution is -2.51. The molecule has 2 aliphatic heterocycles. The third-order valence-electron chi connectivity index (χ3n) is 6.20. The van der Waals surface area contributed by atoms with Crippen molar-refractivity contribution in [1.82, 2.24) is 4.90 Å². The molecule has 0 aromatic heterocycles. The van der Waals surface area contributed by atoms with Gasteiger partial charge in [-0.2, -0.15) is 0 Å². The fourth-order valence-corrected chi connectivity index (χ4v) is 6.04. The van der Waals surface area contributed by atoms with E-state index < -0.39 is 10.9 Å². The van der Waals surface area contributed by atoms with Crippen molar-refractivity contribution >= 4 is 35.1 Å². The number of ether oxygens (including phenoxy) is 2. The maximum Gasteiger partial charge on any atom is 0.323 e. The standard InChI is InChI=1S/C26H24FN3O4S/c1-33-20-8-4-7-19(14-20)28-25(32)30-11-12-35-26(30)22-15-21(34-2)9-10-23(22)29(24(26)31)16-17-5-3-6-18(27)13-17/h3-10,13-15H,11-12,16H2,1-2H3,(H,28,32). The molecule has 1 atom stereocenters. The van der Waals surface area contributed by atoms with E-state index in [1.807, 2.05) is 12.1 Å². The Balaban J connectivity index is 1.53. The van der Waals surface area contributed by atoms with Gasteiger partial charge in [-0.3, -0.25) is 9.69 Å². The Morgan fingerprint density at radius 3 is 2.60 bits per heavy atom. The summed E-state index contributed by atoms with van der Waals surface area (Å²) in [4.78, 5) is 29.5. The van der Waals surface area contributed by atoms with Gasteiger partial charge in [-0.1, -0.05) is 18.2 Å². The fraction of sp³-hybridized carbons (Fsp3) is 0.231. The topological polar surface area (TPSA) is 71.1 Å². The first-order valence-corrected chi connectivity index (χ1v) is 12.1. The molecule has 0 radical (unpaired) electrons. The van der Waals surface area contributed by atoms with E-state index in [2.05, 4.69) is 5.32 Å². The van der Waals surface area contributed by atoms with E-state index >= 15 is 0 Å². The van der Waals surface area contributed by atoms with Gasteiger partial charge in [0.2, 0.25) is 0 Å². The summed E-state index contributed by atoms with van der Waals surface area (Å²) in [5, 5.41) is 2.90. The lowest BCUT2D eigenvalue weighted by molar-refractivity contribution is -0.123. The zero-order valence-corrected chi connectivity index (χ0v) is 20.1. The van der Waals surface area contributed by atoms with Gasteiger partial charge in [-0.05, 0) is 48.0 Å². The average Bonchev–Trinajstić information content (AvgIpc) is 3.41. The third kappa shape index (κ3) is 3.95. The van der Waals surface area contributed by atoms with Crippen LogP contribution >= 0.6 is 11.8 Å². The van der Waals surface area contributed by atoms with Crippen LogP contribution in [0.3, 0.4) is 0 Å². The first-order valence-electron chi connectivity index (χ1n) is 11.1. The SMILES string of the molecule is COc1cccc(NC(=O)N2CCSC23C(=O)N(Cc2cccc(F)c2)c2ccc(OC)cc23)c1. The van der Waals surface area contributed by atoms with Gasteiger partial charge in [-0.25, -0.2) is 9.18 Å². The number of hydrogen-bond donors (Lipinski definition) is 1. The molecule has 2 aliphatic rings. The maximum atomic E-state index is 14.1. The van der Waals surface area contributed by atoms with Gasteiger partial charge in [0.15, 0.2) is 4.87 Å². The summed E-state index contributed by atoms with van der Waals surface area (Å²) < 4.78 is 24.6. The maximum absolute atomic E-state index is 14.1. The van der Waals surface area contributed by atoms with Crippen molar-refractivity contribution in [3.63, 3.8) is 0 Å². The second-order valence-electron chi connectivity index (χ2n) is 8.21. The number of nitrogens with one attached hydrogen (secondary N) is 1. The van der Waals surface area contributed by atoms with Crippen LogP contribution in [-0.4, -0.2) is 43.4 Å². The molecule has 9 heteroatoms. The molecule has 3 aromatic carbocycles. The minimum absolute atomic E-state index is 0.184. The predicted molar refractivity (Wildman–Crippen MR) is 133 cm³/mol. The molecule has 0 bridgehead atoms. The van der Waals surface area contributed by atoms with Crippen LogP contribution in [0.4, 0.5) is 20.6 Å². The van der Waals surface area contributed by atoms with E-state index in [9.17, 15) is 14.0 Å². The first-order chi connectivity index (χ1) is 17.0. The summed E-state index contributed by atoms with van der Waals surface area (Å²) in [6.07, 6.45) is 0. The first kappa shape index (κ1) is 23.0. The number of methoxy groups -OCH3 is 2. The monoisotopic (exact) mass is 493 g/mol. The van der Waals surface area contributed by atoms with Crippen molar-refractivity contribution in [3.8, 4) is 11.5 Å². The molecule has 3 aromatic rings. The number of thioether (sulfide) groups is 1. The molecule has 2 heterocycles. The number of halogens is 1. The van der Waals surface area contributed by atoms with Crippen LogP contribution < -0.4 is 19.7 Å². The Morgan fingerprint density at radius 2 is 1.83 bits per heavy atom. The number of fused-ring (bicyclic) bond motifs is 2. The van der Waals surface area contributed by atoms with Crippen molar-refractivity contribution in [2.45, 2.75) is 11.4 Å². The van der Waals surface area contributed by atoms with E-state index in [-0.39, 0.29) is 18.3 Å².